The molecule has 1 amide bonds. The molecule has 0 saturated heterocycles. The molecule has 6 heteroatoms. The standard InChI is InChI=1S/C22H18ClN3OS/c1-14-3-6-16(7-4-14)9-18(12-24)21(27)26-22-25-13-19(28-22)10-17-8-5-15(2)20(23)11-17/h3-9,11,13H,10H2,1-2H3,(H,25,26,27). The monoisotopic (exact) mass is 407 g/mol. The van der Waals surface area contributed by atoms with Crippen molar-refractivity contribution < 1.29 is 4.79 Å². The third-order valence-corrected chi connectivity index (χ3v) is 5.46. The van der Waals surface area contributed by atoms with Gasteiger partial charge in [-0.1, -0.05) is 53.6 Å². The fraction of sp³-hybridized carbons (Fsp3) is 0.136. The van der Waals surface area contributed by atoms with Crippen molar-refractivity contribution in [2.45, 2.75) is 20.3 Å². The van der Waals surface area contributed by atoms with Crippen molar-refractivity contribution >= 4 is 40.1 Å². The van der Waals surface area contributed by atoms with E-state index in [2.05, 4.69) is 10.3 Å². The Morgan fingerprint density at radius 1 is 1.25 bits per heavy atom. The first-order valence-corrected chi connectivity index (χ1v) is 9.83. The number of nitrogens with one attached hydrogen (secondary N) is 1. The number of aromatic nitrogens is 1. The largest absolute Gasteiger partial charge is 0.297 e. The van der Waals surface area contributed by atoms with Crippen LogP contribution < -0.4 is 5.32 Å². The molecule has 0 aliphatic carbocycles. The number of aryl methyl sites for hydroxylation is 2. The molecular formula is C22H18ClN3OS. The summed E-state index contributed by atoms with van der Waals surface area (Å²) in [6.07, 6.45) is 3.97. The van der Waals surface area contributed by atoms with Crippen molar-refractivity contribution in [1.29, 1.82) is 5.26 Å². The van der Waals surface area contributed by atoms with E-state index in [4.69, 9.17) is 11.6 Å². The number of nitriles is 1. The van der Waals surface area contributed by atoms with Gasteiger partial charge in [-0.2, -0.15) is 5.26 Å². The Bertz CT molecular complexity index is 1080. The second kappa shape index (κ2) is 8.83. The minimum Gasteiger partial charge on any atom is -0.297 e. The summed E-state index contributed by atoms with van der Waals surface area (Å²) >= 11 is 7.55. The van der Waals surface area contributed by atoms with Crippen LogP contribution in [0.4, 0.5) is 5.13 Å². The van der Waals surface area contributed by atoms with Crippen molar-refractivity contribution in [2.75, 3.05) is 5.32 Å². The third kappa shape index (κ3) is 5.07. The maximum Gasteiger partial charge on any atom is 0.268 e. The summed E-state index contributed by atoms with van der Waals surface area (Å²) in [6.45, 7) is 3.94. The predicted molar refractivity (Wildman–Crippen MR) is 115 cm³/mol. The Morgan fingerprint density at radius 3 is 2.68 bits per heavy atom. The number of anilines is 1. The smallest absolute Gasteiger partial charge is 0.268 e. The number of nitrogens with zero attached hydrogens (tertiary/aromatic N) is 2. The normalized spacial score (nSPS) is 11.1. The Hall–Kier alpha value is -2.94. The summed E-state index contributed by atoms with van der Waals surface area (Å²) in [6, 6.07) is 15.5. The van der Waals surface area contributed by atoms with Crippen LogP contribution in [0.2, 0.25) is 5.02 Å². The maximum atomic E-state index is 12.4. The van der Waals surface area contributed by atoms with Crippen LogP contribution in [-0.4, -0.2) is 10.9 Å². The lowest BCUT2D eigenvalue weighted by Gasteiger charge is -2.02. The van der Waals surface area contributed by atoms with E-state index in [1.807, 2.05) is 62.4 Å². The van der Waals surface area contributed by atoms with Gasteiger partial charge in [0.2, 0.25) is 0 Å². The van der Waals surface area contributed by atoms with Crippen molar-refractivity contribution in [1.82, 2.24) is 4.98 Å². The molecule has 3 rings (SSSR count). The predicted octanol–water partition coefficient (Wildman–Crippen LogP) is 5.55. The Kier molecular flexibility index (Phi) is 6.25. The molecule has 0 aliphatic rings. The fourth-order valence-corrected chi connectivity index (χ4v) is 3.58. The van der Waals surface area contributed by atoms with Crippen LogP contribution in [-0.2, 0) is 11.2 Å². The second-order valence-electron chi connectivity index (χ2n) is 6.43. The first kappa shape index (κ1) is 19.8. The van der Waals surface area contributed by atoms with Gasteiger partial charge in [0.25, 0.3) is 5.91 Å². The van der Waals surface area contributed by atoms with Gasteiger partial charge < -0.3 is 0 Å². The number of benzene rings is 2. The average molecular weight is 408 g/mol. The highest BCUT2D eigenvalue weighted by molar-refractivity contribution is 7.15. The lowest BCUT2D eigenvalue weighted by molar-refractivity contribution is -0.112. The summed E-state index contributed by atoms with van der Waals surface area (Å²) < 4.78 is 0. The number of carbonyl (C=O) groups is 1. The Balaban J connectivity index is 1.69. The molecular weight excluding hydrogens is 390 g/mol. The third-order valence-electron chi connectivity index (χ3n) is 4.14. The van der Waals surface area contributed by atoms with Gasteiger partial charge >= 0.3 is 0 Å². The van der Waals surface area contributed by atoms with Gasteiger partial charge in [-0.15, -0.1) is 11.3 Å². The van der Waals surface area contributed by atoms with Crippen LogP contribution in [0, 0.1) is 25.2 Å². The minimum atomic E-state index is -0.470. The van der Waals surface area contributed by atoms with E-state index in [9.17, 15) is 10.1 Å². The van der Waals surface area contributed by atoms with Crippen molar-refractivity contribution in [2.24, 2.45) is 0 Å². The highest BCUT2D eigenvalue weighted by Crippen LogP contribution is 2.24. The SMILES string of the molecule is Cc1ccc(C=C(C#N)C(=O)Nc2ncc(Cc3ccc(C)c(Cl)c3)s2)cc1. The van der Waals surface area contributed by atoms with Crippen LogP contribution in [0.15, 0.2) is 54.2 Å². The van der Waals surface area contributed by atoms with Gasteiger partial charge in [-0.05, 0) is 42.7 Å². The van der Waals surface area contributed by atoms with Crippen molar-refractivity contribution in [3.05, 3.63) is 86.4 Å². The number of amides is 1. The van der Waals surface area contributed by atoms with Crippen LogP contribution in [0.3, 0.4) is 0 Å². The first-order chi connectivity index (χ1) is 13.4. The van der Waals surface area contributed by atoms with Gasteiger partial charge in [0.1, 0.15) is 11.6 Å². The molecule has 1 aromatic heterocycles. The van der Waals surface area contributed by atoms with Gasteiger partial charge in [-0.3, -0.25) is 10.1 Å². The van der Waals surface area contributed by atoms with E-state index < -0.39 is 5.91 Å². The summed E-state index contributed by atoms with van der Waals surface area (Å²) in [5, 5.41) is 13.2. The number of thiazole rings is 1. The summed E-state index contributed by atoms with van der Waals surface area (Å²) in [5.74, 6) is -0.470. The maximum absolute atomic E-state index is 12.4. The van der Waals surface area contributed by atoms with Crippen LogP contribution in [0.25, 0.3) is 6.08 Å². The zero-order valence-corrected chi connectivity index (χ0v) is 17.1. The topological polar surface area (TPSA) is 65.8 Å². The molecule has 0 bridgehead atoms. The lowest BCUT2D eigenvalue weighted by Crippen LogP contribution is -2.13. The van der Waals surface area contributed by atoms with Gasteiger partial charge in [0.15, 0.2) is 5.13 Å². The van der Waals surface area contributed by atoms with Crippen LogP contribution >= 0.6 is 22.9 Å². The fourth-order valence-electron chi connectivity index (χ4n) is 2.54. The van der Waals surface area contributed by atoms with Crippen LogP contribution in [0.1, 0.15) is 27.1 Å². The minimum absolute atomic E-state index is 0.0333. The number of carbonyl (C=O) groups excluding carboxylic acids is 1. The van der Waals surface area contributed by atoms with E-state index >= 15 is 0 Å². The number of hydrogen-bond donors (Lipinski definition) is 1. The summed E-state index contributed by atoms with van der Waals surface area (Å²) in [4.78, 5) is 17.7. The molecule has 0 spiro atoms. The van der Waals surface area contributed by atoms with Crippen LogP contribution in [0.5, 0.6) is 0 Å². The second-order valence-corrected chi connectivity index (χ2v) is 7.95. The van der Waals surface area contributed by atoms with E-state index in [1.54, 1.807) is 12.3 Å². The van der Waals surface area contributed by atoms with Gasteiger partial charge in [0, 0.05) is 22.5 Å². The van der Waals surface area contributed by atoms with Crippen molar-refractivity contribution in [3.63, 3.8) is 0 Å². The zero-order chi connectivity index (χ0) is 20.1. The molecule has 0 aliphatic heterocycles. The van der Waals surface area contributed by atoms with E-state index in [0.29, 0.717) is 11.6 Å². The number of hydrogen-bond acceptors (Lipinski definition) is 4. The molecule has 2 aromatic carbocycles. The molecule has 1 heterocycles. The highest BCUT2D eigenvalue weighted by Gasteiger charge is 2.12. The van der Waals surface area contributed by atoms with E-state index in [1.165, 1.54) is 11.3 Å². The Labute approximate surface area is 173 Å². The molecule has 28 heavy (non-hydrogen) atoms. The van der Waals surface area contributed by atoms with Gasteiger partial charge in [-0.25, -0.2) is 4.98 Å². The number of rotatable bonds is 5. The molecule has 140 valence electrons. The molecule has 0 radical (unpaired) electrons. The lowest BCUT2D eigenvalue weighted by atomic mass is 10.1. The first-order valence-electron chi connectivity index (χ1n) is 8.64. The molecule has 0 unspecified atom stereocenters. The molecule has 1 N–H and O–H groups in total. The molecule has 0 fully saturated rings. The average Bonchev–Trinajstić information content (AvgIpc) is 3.11. The number of halogens is 1. The van der Waals surface area contributed by atoms with Gasteiger partial charge in [0.05, 0.1) is 0 Å². The molecule has 0 saturated carbocycles. The zero-order valence-electron chi connectivity index (χ0n) is 15.5. The summed E-state index contributed by atoms with van der Waals surface area (Å²) in [7, 11) is 0. The molecule has 3 aromatic rings. The quantitative estimate of drug-likeness (QED) is 0.445. The molecule has 4 nitrogen and oxygen atoms in total. The van der Waals surface area contributed by atoms with Crippen molar-refractivity contribution in [3.8, 4) is 6.07 Å². The van der Waals surface area contributed by atoms with E-state index in [-0.39, 0.29) is 5.57 Å². The molecule has 0 atom stereocenters. The Morgan fingerprint density at radius 2 is 2.00 bits per heavy atom. The summed E-state index contributed by atoms with van der Waals surface area (Å²) in [5.41, 5.74) is 4.06. The highest BCUT2D eigenvalue weighted by atomic mass is 35.5. The van der Waals surface area contributed by atoms with E-state index in [0.717, 1.165) is 32.2 Å².